The Balaban J connectivity index is 2.11. The van der Waals surface area contributed by atoms with E-state index in [4.69, 9.17) is 0 Å². The van der Waals surface area contributed by atoms with Gasteiger partial charge in [0.05, 0.1) is 0 Å². The molecule has 1 saturated heterocycles. The molecule has 0 radical (unpaired) electrons. The molecule has 0 spiro atoms. The molecular formula is C13H25N. The zero-order chi connectivity index (χ0) is 10.0. The zero-order valence-electron chi connectivity index (χ0n) is 9.81. The molecule has 1 unspecified atom stereocenters. The summed E-state index contributed by atoms with van der Waals surface area (Å²) in [5.41, 5.74) is 0.648. The van der Waals surface area contributed by atoms with Crippen LogP contribution in [0.3, 0.4) is 0 Å². The summed E-state index contributed by atoms with van der Waals surface area (Å²) in [5.74, 6) is 0.860. The smallest absolute Gasteiger partial charge is 0.0126 e. The van der Waals surface area contributed by atoms with Gasteiger partial charge < -0.3 is 5.32 Å². The Hall–Kier alpha value is -0.0400. The normalized spacial score (nSPS) is 32.4. The van der Waals surface area contributed by atoms with E-state index in [1.807, 2.05) is 0 Å². The van der Waals surface area contributed by atoms with Crippen LogP contribution in [0.4, 0.5) is 0 Å². The van der Waals surface area contributed by atoms with Crippen molar-refractivity contribution in [1.82, 2.24) is 5.32 Å². The second-order valence-electron chi connectivity index (χ2n) is 5.60. The molecule has 1 saturated carbocycles. The van der Waals surface area contributed by atoms with Crippen molar-refractivity contribution in [2.75, 3.05) is 6.54 Å². The van der Waals surface area contributed by atoms with Crippen LogP contribution in [0.2, 0.25) is 0 Å². The fourth-order valence-corrected chi connectivity index (χ4v) is 3.71. The molecule has 0 bridgehead atoms. The molecule has 2 rings (SSSR count). The zero-order valence-corrected chi connectivity index (χ0v) is 9.81. The Morgan fingerprint density at radius 3 is 2.29 bits per heavy atom. The third kappa shape index (κ3) is 1.71. The Morgan fingerprint density at radius 2 is 1.79 bits per heavy atom. The van der Waals surface area contributed by atoms with Crippen LogP contribution in [0, 0.1) is 11.3 Å². The van der Waals surface area contributed by atoms with Crippen LogP contribution in [0.1, 0.15) is 58.8 Å². The number of nitrogens with one attached hydrogen (secondary N) is 1. The number of hydrogen-bond donors (Lipinski definition) is 1. The predicted molar refractivity (Wildman–Crippen MR) is 61.4 cm³/mol. The minimum Gasteiger partial charge on any atom is -0.313 e. The van der Waals surface area contributed by atoms with Crippen molar-refractivity contribution in [3.8, 4) is 0 Å². The van der Waals surface area contributed by atoms with E-state index in [-0.39, 0.29) is 0 Å². The summed E-state index contributed by atoms with van der Waals surface area (Å²) in [5, 5.41) is 3.75. The average molecular weight is 195 g/mol. The largest absolute Gasteiger partial charge is 0.313 e. The van der Waals surface area contributed by atoms with E-state index in [0.29, 0.717) is 5.41 Å². The molecule has 1 aliphatic carbocycles. The molecule has 2 aliphatic rings. The molecule has 0 aromatic rings. The maximum Gasteiger partial charge on any atom is 0.0126 e. The van der Waals surface area contributed by atoms with Crippen molar-refractivity contribution in [1.29, 1.82) is 0 Å². The van der Waals surface area contributed by atoms with Crippen LogP contribution >= 0.6 is 0 Å². The molecule has 1 nitrogen and oxygen atoms in total. The minimum absolute atomic E-state index is 0.648. The van der Waals surface area contributed by atoms with Gasteiger partial charge >= 0.3 is 0 Å². The number of hydrogen-bond acceptors (Lipinski definition) is 1. The highest BCUT2D eigenvalue weighted by molar-refractivity contribution is 4.97. The summed E-state index contributed by atoms with van der Waals surface area (Å²) in [6.07, 6.45) is 10.2. The van der Waals surface area contributed by atoms with Gasteiger partial charge in [-0.15, -0.1) is 0 Å². The van der Waals surface area contributed by atoms with Gasteiger partial charge in [-0.05, 0) is 43.6 Å². The maximum atomic E-state index is 3.75. The van der Waals surface area contributed by atoms with Crippen LogP contribution in [0.15, 0.2) is 0 Å². The van der Waals surface area contributed by atoms with E-state index < -0.39 is 0 Å². The van der Waals surface area contributed by atoms with Crippen LogP contribution in [0.5, 0.6) is 0 Å². The molecule has 0 aromatic carbocycles. The SMILES string of the molecule is CC(C)C1(C2CCCN2)CCCCC1. The van der Waals surface area contributed by atoms with Gasteiger partial charge in [-0.1, -0.05) is 33.1 Å². The molecule has 1 heteroatoms. The summed E-state index contributed by atoms with van der Waals surface area (Å²) < 4.78 is 0. The third-order valence-corrected chi connectivity index (χ3v) is 4.69. The Bertz CT molecular complexity index is 174. The Kier molecular flexibility index (Phi) is 3.16. The Labute approximate surface area is 88.7 Å². The molecule has 1 atom stereocenters. The summed E-state index contributed by atoms with van der Waals surface area (Å²) >= 11 is 0. The molecular weight excluding hydrogens is 170 g/mol. The summed E-state index contributed by atoms with van der Waals surface area (Å²) in [7, 11) is 0. The van der Waals surface area contributed by atoms with Gasteiger partial charge in [-0.2, -0.15) is 0 Å². The maximum absolute atomic E-state index is 3.75. The molecule has 0 amide bonds. The lowest BCUT2D eigenvalue weighted by Gasteiger charge is -2.46. The average Bonchev–Trinajstić information content (AvgIpc) is 2.72. The van der Waals surface area contributed by atoms with Crippen LogP contribution in [-0.2, 0) is 0 Å². The fraction of sp³-hybridized carbons (Fsp3) is 1.00. The molecule has 1 heterocycles. The first-order valence-corrected chi connectivity index (χ1v) is 6.49. The van der Waals surface area contributed by atoms with Crippen molar-refractivity contribution in [2.24, 2.45) is 11.3 Å². The van der Waals surface area contributed by atoms with Crippen molar-refractivity contribution in [3.05, 3.63) is 0 Å². The van der Waals surface area contributed by atoms with E-state index in [9.17, 15) is 0 Å². The van der Waals surface area contributed by atoms with Crippen LogP contribution in [0.25, 0.3) is 0 Å². The van der Waals surface area contributed by atoms with Gasteiger partial charge in [0.1, 0.15) is 0 Å². The van der Waals surface area contributed by atoms with Gasteiger partial charge in [-0.3, -0.25) is 0 Å². The van der Waals surface area contributed by atoms with Crippen molar-refractivity contribution in [3.63, 3.8) is 0 Å². The van der Waals surface area contributed by atoms with Crippen molar-refractivity contribution < 1.29 is 0 Å². The highest BCUT2D eigenvalue weighted by atomic mass is 15.0. The highest BCUT2D eigenvalue weighted by Gasteiger charge is 2.42. The van der Waals surface area contributed by atoms with Gasteiger partial charge in [0, 0.05) is 6.04 Å². The third-order valence-electron chi connectivity index (χ3n) is 4.69. The second kappa shape index (κ2) is 4.22. The first-order chi connectivity index (χ1) is 6.76. The molecule has 2 fully saturated rings. The topological polar surface area (TPSA) is 12.0 Å². The molecule has 0 aromatic heterocycles. The Morgan fingerprint density at radius 1 is 1.07 bits per heavy atom. The molecule has 1 N–H and O–H groups in total. The monoisotopic (exact) mass is 195 g/mol. The first-order valence-electron chi connectivity index (χ1n) is 6.49. The van der Waals surface area contributed by atoms with Gasteiger partial charge in [-0.25, -0.2) is 0 Å². The van der Waals surface area contributed by atoms with Crippen LogP contribution in [-0.4, -0.2) is 12.6 Å². The van der Waals surface area contributed by atoms with Gasteiger partial charge in [0.2, 0.25) is 0 Å². The second-order valence-corrected chi connectivity index (χ2v) is 5.60. The quantitative estimate of drug-likeness (QED) is 0.712. The number of rotatable bonds is 2. The molecule has 82 valence electrons. The van der Waals surface area contributed by atoms with E-state index in [1.54, 1.807) is 0 Å². The predicted octanol–water partition coefficient (Wildman–Crippen LogP) is 3.34. The summed E-state index contributed by atoms with van der Waals surface area (Å²) in [6, 6.07) is 0.836. The summed E-state index contributed by atoms with van der Waals surface area (Å²) in [4.78, 5) is 0. The van der Waals surface area contributed by atoms with E-state index >= 15 is 0 Å². The van der Waals surface area contributed by atoms with Gasteiger partial charge in [0.25, 0.3) is 0 Å². The van der Waals surface area contributed by atoms with E-state index in [2.05, 4.69) is 19.2 Å². The minimum atomic E-state index is 0.648. The highest BCUT2D eigenvalue weighted by Crippen LogP contribution is 2.47. The van der Waals surface area contributed by atoms with Crippen LogP contribution < -0.4 is 5.32 Å². The summed E-state index contributed by atoms with van der Waals surface area (Å²) in [6.45, 7) is 6.13. The van der Waals surface area contributed by atoms with Gasteiger partial charge in [0.15, 0.2) is 0 Å². The standard InChI is InChI=1S/C13H25N/c1-11(2)13(8-4-3-5-9-13)12-7-6-10-14-12/h11-12,14H,3-10H2,1-2H3. The van der Waals surface area contributed by atoms with Crippen molar-refractivity contribution >= 4 is 0 Å². The first kappa shape index (κ1) is 10.5. The van der Waals surface area contributed by atoms with E-state index in [1.165, 1.54) is 51.5 Å². The lowest BCUT2D eigenvalue weighted by Crippen LogP contribution is -2.46. The molecule has 1 aliphatic heterocycles. The molecule has 14 heavy (non-hydrogen) atoms. The lowest BCUT2D eigenvalue weighted by molar-refractivity contribution is 0.0726. The fourth-order valence-electron chi connectivity index (χ4n) is 3.71. The lowest BCUT2D eigenvalue weighted by atomic mass is 9.62. The van der Waals surface area contributed by atoms with E-state index in [0.717, 1.165) is 12.0 Å². The van der Waals surface area contributed by atoms with Crippen molar-refractivity contribution in [2.45, 2.75) is 64.8 Å².